The topological polar surface area (TPSA) is 55.4 Å². The van der Waals surface area contributed by atoms with E-state index in [1.54, 1.807) is 37.5 Å². The number of ether oxygens (including phenoxy) is 1. The van der Waals surface area contributed by atoms with E-state index >= 15 is 0 Å². The van der Waals surface area contributed by atoms with Crippen molar-refractivity contribution < 1.29 is 14.3 Å². The van der Waals surface area contributed by atoms with Crippen LogP contribution in [-0.4, -0.2) is 18.8 Å². The largest absolute Gasteiger partial charge is 0.497 e. The Kier molecular flexibility index (Phi) is 5.11. The van der Waals surface area contributed by atoms with Crippen molar-refractivity contribution in [3.8, 4) is 5.75 Å². The van der Waals surface area contributed by atoms with Crippen molar-refractivity contribution in [2.24, 2.45) is 5.92 Å². The Morgan fingerprint density at radius 2 is 2.00 bits per heavy atom. The first kappa shape index (κ1) is 14.0. The maximum atomic E-state index is 11.9. The van der Waals surface area contributed by atoms with Crippen LogP contribution in [0.25, 0.3) is 0 Å². The highest BCUT2D eigenvalue weighted by Gasteiger charge is 2.21. The molecular formula is C14H17NO3. The van der Waals surface area contributed by atoms with Gasteiger partial charge < -0.3 is 10.1 Å². The molecule has 0 unspecified atom stereocenters. The summed E-state index contributed by atoms with van der Waals surface area (Å²) in [5.74, 6) is -0.444. The van der Waals surface area contributed by atoms with Gasteiger partial charge in [-0.25, -0.2) is 0 Å². The molecule has 0 spiro atoms. The Morgan fingerprint density at radius 3 is 2.44 bits per heavy atom. The maximum Gasteiger partial charge on any atom is 0.235 e. The molecule has 0 aliphatic carbocycles. The molecule has 4 heteroatoms. The van der Waals surface area contributed by atoms with E-state index in [-0.39, 0.29) is 11.7 Å². The zero-order valence-corrected chi connectivity index (χ0v) is 10.6. The fourth-order valence-corrected chi connectivity index (χ4v) is 1.53. The van der Waals surface area contributed by atoms with Gasteiger partial charge in [0.15, 0.2) is 0 Å². The molecule has 0 heterocycles. The Bertz CT molecular complexity index is 437. The van der Waals surface area contributed by atoms with Gasteiger partial charge in [-0.05, 0) is 37.6 Å². The molecule has 1 N–H and O–H groups in total. The van der Waals surface area contributed by atoms with Crippen LogP contribution in [0.5, 0.6) is 5.75 Å². The van der Waals surface area contributed by atoms with Crippen LogP contribution in [0.15, 0.2) is 36.9 Å². The van der Waals surface area contributed by atoms with E-state index in [1.165, 1.54) is 6.92 Å². The number of Topliss-reactive ketones (excluding diaryl/α,β-unsaturated/α-hetero) is 1. The van der Waals surface area contributed by atoms with Crippen LogP contribution in [0.3, 0.4) is 0 Å². The molecule has 18 heavy (non-hydrogen) atoms. The zero-order valence-electron chi connectivity index (χ0n) is 10.6. The summed E-state index contributed by atoms with van der Waals surface area (Å²) in [6.07, 6.45) is 1.91. The fourth-order valence-electron chi connectivity index (χ4n) is 1.53. The molecule has 0 aliphatic rings. The van der Waals surface area contributed by atoms with Crippen LogP contribution < -0.4 is 10.1 Å². The molecule has 0 saturated carbocycles. The summed E-state index contributed by atoms with van der Waals surface area (Å²) in [5, 5.41) is 2.70. The number of carbonyl (C=O) groups excluding carboxylic acids is 2. The molecule has 0 bridgehead atoms. The first-order valence-electron chi connectivity index (χ1n) is 5.64. The number of nitrogens with one attached hydrogen (secondary N) is 1. The average molecular weight is 247 g/mol. The van der Waals surface area contributed by atoms with Gasteiger partial charge >= 0.3 is 0 Å². The number of hydrogen-bond acceptors (Lipinski definition) is 3. The number of benzene rings is 1. The van der Waals surface area contributed by atoms with Crippen LogP contribution in [0.2, 0.25) is 0 Å². The monoisotopic (exact) mass is 247 g/mol. The van der Waals surface area contributed by atoms with Gasteiger partial charge in [-0.1, -0.05) is 6.08 Å². The van der Waals surface area contributed by atoms with E-state index in [9.17, 15) is 9.59 Å². The van der Waals surface area contributed by atoms with Crippen molar-refractivity contribution in [3.05, 3.63) is 36.9 Å². The first-order chi connectivity index (χ1) is 8.58. The summed E-state index contributed by atoms with van der Waals surface area (Å²) >= 11 is 0. The number of anilines is 1. The molecule has 1 rings (SSSR count). The zero-order chi connectivity index (χ0) is 13.5. The first-order valence-corrected chi connectivity index (χ1v) is 5.64. The molecule has 0 saturated heterocycles. The SMILES string of the molecule is C=CC[C@@H](C(C)=O)C(=O)Nc1ccc(OC)cc1. The van der Waals surface area contributed by atoms with Gasteiger partial charge in [0, 0.05) is 5.69 Å². The number of carbonyl (C=O) groups is 2. The van der Waals surface area contributed by atoms with Gasteiger partial charge in [-0.2, -0.15) is 0 Å². The summed E-state index contributed by atoms with van der Waals surface area (Å²) in [4.78, 5) is 23.2. The van der Waals surface area contributed by atoms with Crippen LogP contribution in [0, 0.1) is 5.92 Å². The van der Waals surface area contributed by atoms with E-state index < -0.39 is 5.92 Å². The molecule has 1 aromatic carbocycles. The third kappa shape index (κ3) is 3.73. The lowest BCUT2D eigenvalue weighted by atomic mass is 10.00. The Labute approximate surface area is 107 Å². The standard InChI is InChI=1S/C14H17NO3/c1-4-5-13(10(2)16)14(17)15-11-6-8-12(18-3)9-7-11/h4,6-9,13H,1,5H2,2-3H3,(H,15,17)/t13-/m0/s1. The van der Waals surface area contributed by atoms with Gasteiger partial charge in [0.25, 0.3) is 0 Å². The van der Waals surface area contributed by atoms with Crippen molar-refractivity contribution in [1.82, 2.24) is 0 Å². The molecule has 96 valence electrons. The predicted octanol–water partition coefficient (Wildman–Crippen LogP) is 2.42. The van der Waals surface area contributed by atoms with E-state index in [1.807, 2.05) is 0 Å². The molecular weight excluding hydrogens is 230 g/mol. The minimum Gasteiger partial charge on any atom is -0.497 e. The maximum absolute atomic E-state index is 11.9. The van der Waals surface area contributed by atoms with Crippen molar-refractivity contribution in [2.75, 3.05) is 12.4 Å². The number of amides is 1. The molecule has 0 aliphatic heterocycles. The molecule has 1 atom stereocenters. The minimum atomic E-state index is -0.676. The van der Waals surface area contributed by atoms with Gasteiger partial charge in [0.05, 0.1) is 13.0 Å². The van der Waals surface area contributed by atoms with Crippen molar-refractivity contribution in [3.63, 3.8) is 0 Å². The fraction of sp³-hybridized carbons (Fsp3) is 0.286. The summed E-state index contributed by atoms with van der Waals surface area (Å²) in [7, 11) is 1.57. The van der Waals surface area contributed by atoms with E-state index in [0.717, 1.165) is 0 Å². The van der Waals surface area contributed by atoms with Crippen molar-refractivity contribution >= 4 is 17.4 Å². The van der Waals surface area contributed by atoms with Crippen molar-refractivity contribution in [1.29, 1.82) is 0 Å². The van der Waals surface area contributed by atoms with Crippen LogP contribution >= 0.6 is 0 Å². The van der Waals surface area contributed by atoms with Crippen LogP contribution in [0.1, 0.15) is 13.3 Å². The molecule has 1 aromatic rings. The Hall–Kier alpha value is -2.10. The molecule has 0 radical (unpaired) electrons. The summed E-state index contributed by atoms with van der Waals surface area (Å²) in [6.45, 7) is 4.95. The molecule has 1 amide bonds. The highest BCUT2D eigenvalue weighted by atomic mass is 16.5. The molecule has 4 nitrogen and oxygen atoms in total. The number of rotatable bonds is 6. The lowest BCUT2D eigenvalue weighted by Crippen LogP contribution is -2.27. The minimum absolute atomic E-state index is 0.166. The summed E-state index contributed by atoms with van der Waals surface area (Å²) in [5.41, 5.74) is 0.635. The van der Waals surface area contributed by atoms with E-state index in [2.05, 4.69) is 11.9 Å². The third-order valence-electron chi connectivity index (χ3n) is 2.57. The highest BCUT2D eigenvalue weighted by Crippen LogP contribution is 2.16. The normalized spacial score (nSPS) is 11.4. The average Bonchev–Trinajstić information content (AvgIpc) is 2.36. The van der Waals surface area contributed by atoms with Gasteiger partial charge in [0.2, 0.25) is 5.91 Å². The lowest BCUT2D eigenvalue weighted by Gasteiger charge is -2.12. The van der Waals surface area contributed by atoms with Gasteiger partial charge in [-0.3, -0.25) is 9.59 Å². The second-order valence-electron chi connectivity index (χ2n) is 3.91. The third-order valence-corrected chi connectivity index (χ3v) is 2.57. The highest BCUT2D eigenvalue weighted by molar-refractivity contribution is 6.06. The van der Waals surface area contributed by atoms with Crippen molar-refractivity contribution in [2.45, 2.75) is 13.3 Å². The smallest absolute Gasteiger partial charge is 0.235 e. The van der Waals surface area contributed by atoms with E-state index in [4.69, 9.17) is 4.74 Å². The lowest BCUT2D eigenvalue weighted by molar-refractivity contribution is -0.129. The van der Waals surface area contributed by atoms with Gasteiger partial charge in [0.1, 0.15) is 11.5 Å². The second kappa shape index (κ2) is 6.59. The second-order valence-corrected chi connectivity index (χ2v) is 3.91. The number of ketones is 1. The number of methoxy groups -OCH3 is 1. The summed E-state index contributed by atoms with van der Waals surface area (Å²) < 4.78 is 5.02. The van der Waals surface area contributed by atoms with Crippen LogP contribution in [-0.2, 0) is 9.59 Å². The van der Waals surface area contributed by atoms with E-state index in [0.29, 0.717) is 17.9 Å². The molecule has 0 aromatic heterocycles. The summed E-state index contributed by atoms with van der Waals surface area (Å²) in [6, 6.07) is 6.93. The quantitative estimate of drug-likeness (QED) is 0.620. The van der Waals surface area contributed by atoms with Gasteiger partial charge in [-0.15, -0.1) is 6.58 Å². The molecule has 0 fully saturated rings. The Morgan fingerprint density at radius 1 is 1.39 bits per heavy atom. The predicted molar refractivity (Wildman–Crippen MR) is 70.6 cm³/mol. The number of allylic oxidation sites excluding steroid dienone is 1. The Balaban J connectivity index is 2.72. The number of hydrogen-bond donors (Lipinski definition) is 1. The van der Waals surface area contributed by atoms with Crippen LogP contribution in [0.4, 0.5) is 5.69 Å².